The van der Waals surface area contributed by atoms with Crippen molar-refractivity contribution in [3.8, 4) is 11.4 Å². The molecular weight excluding hydrogens is 387 g/mol. The molecule has 106 valence electrons. The summed E-state index contributed by atoms with van der Waals surface area (Å²) in [5.74, 6) is -1.36. The summed E-state index contributed by atoms with van der Waals surface area (Å²) in [6.07, 6.45) is -4.76. The Hall–Kier alpha value is -0.920. The fourth-order valence-electron chi connectivity index (χ4n) is 1.46. The fourth-order valence-corrected chi connectivity index (χ4v) is 2.03. The molecular formula is C11H3BrCl2F4N2. The molecule has 0 spiro atoms. The van der Waals surface area contributed by atoms with E-state index in [1.54, 1.807) is 0 Å². The summed E-state index contributed by atoms with van der Waals surface area (Å²) in [7, 11) is 0. The van der Waals surface area contributed by atoms with Crippen LogP contribution in [0.5, 0.6) is 0 Å². The molecule has 0 radical (unpaired) electrons. The van der Waals surface area contributed by atoms with Gasteiger partial charge in [-0.2, -0.15) is 13.2 Å². The van der Waals surface area contributed by atoms with Crippen LogP contribution in [0.3, 0.4) is 0 Å². The van der Waals surface area contributed by atoms with Crippen LogP contribution in [0.25, 0.3) is 11.4 Å². The number of alkyl halides is 3. The zero-order valence-corrected chi connectivity index (χ0v) is 12.4. The van der Waals surface area contributed by atoms with Gasteiger partial charge < -0.3 is 0 Å². The van der Waals surface area contributed by atoms with E-state index in [-0.39, 0.29) is 20.6 Å². The number of nitrogens with zero attached hydrogens (tertiary/aromatic N) is 2. The number of hydrogen-bond donors (Lipinski definition) is 0. The lowest BCUT2D eigenvalue weighted by atomic mass is 10.1. The van der Waals surface area contributed by atoms with Gasteiger partial charge in [-0.15, -0.1) is 0 Å². The summed E-state index contributed by atoms with van der Waals surface area (Å²) in [4.78, 5) is 7.42. The molecule has 0 saturated heterocycles. The summed E-state index contributed by atoms with van der Waals surface area (Å²) < 4.78 is 51.9. The number of aromatic nitrogens is 2. The van der Waals surface area contributed by atoms with Crippen molar-refractivity contribution in [1.29, 1.82) is 0 Å². The molecule has 0 aliphatic heterocycles. The predicted molar refractivity (Wildman–Crippen MR) is 70.1 cm³/mol. The van der Waals surface area contributed by atoms with Crippen LogP contribution in [0, 0.1) is 5.82 Å². The molecule has 2 aromatic rings. The van der Waals surface area contributed by atoms with Crippen molar-refractivity contribution >= 4 is 39.1 Å². The smallest absolute Gasteiger partial charge is 0.215 e. The van der Waals surface area contributed by atoms with Crippen molar-refractivity contribution in [3.05, 3.63) is 44.4 Å². The highest BCUT2D eigenvalue weighted by molar-refractivity contribution is 9.10. The van der Waals surface area contributed by atoms with Crippen LogP contribution in [0.1, 0.15) is 5.56 Å². The Morgan fingerprint density at radius 3 is 2.10 bits per heavy atom. The lowest BCUT2D eigenvalue weighted by molar-refractivity contribution is -0.137. The second-order valence-electron chi connectivity index (χ2n) is 3.63. The van der Waals surface area contributed by atoms with Gasteiger partial charge in [0.1, 0.15) is 16.1 Å². The number of halogens is 7. The lowest BCUT2D eigenvalue weighted by Crippen LogP contribution is -2.09. The minimum absolute atomic E-state index is 0.141. The Balaban J connectivity index is 2.70. The molecule has 1 aromatic heterocycles. The highest BCUT2D eigenvalue weighted by Gasteiger charge is 2.35. The minimum Gasteiger partial charge on any atom is -0.215 e. The van der Waals surface area contributed by atoms with E-state index in [1.807, 2.05) is 0 Å². The van der Waals surface area contributed by atoms with Gasteiger partial charge in [-0.1, -0.05) is 23.2 Å². The topological polar surface area (TPSA) is 25.8 Å². The molecule has 0 bridgehead atoms. The van der Waals surface area contributed by atoms with Gasteiger partial charge in [0, 0.05) is 5.56 Å². The summed E-state index contributed by atoms with van der Waals surface area (Å²) >= 11 is 14.4. The third-order valence-corrected chi connectivity index (χ3v) is 4.05. The van der Waals surface area contributed by atoms with Gasteiger partial charge in [-0.3, -0.25) is 0 Å². The van der Waals surface area contributed by atoms with Crippen molar-refractivity contribution in [2.24, 2.45) is 0 Å². The Morgan fingerprint density at radius 2 is 1.60 bits per heavy atom. The van der Waals surface area contributed by atoms with Gasteiger partial charge in [0.2, 0.25) is 0 Å². The summed E-state index contributed by atoms with van der Waals surface area (Å²) in [6, 6.07) is 2.16. The summed E-state index contributed by atoms with van der Waals surface area (Å²) in [5, 5.41) is -0.283. The second-order valence-corrected chi connectivity index (χ2v) is 5.14. The lowest BCUT2D eigenvalue weighted by Gasteiger charge is -2.12. The van der Waals surface area contributed by atoms with E-state index < -0.39 is 23.1 Å². The first kappa shape index (κ1) is 15.5. The quantitative estimate of drug-likeness (QED) is 0.484. The minimum atomic E-state index is -4.76. The predicted octanol–water partition coefficient (Wildman–Crippen LogP) is 5.37. The number of rotatable bonds is 1. The van der Waals surface area contributed by atoms with Crippen molar-refractivity contribution in [3.63, 3.8) is 0 Å². The van der Waals surface area contributed by atoms with Crippen LogP contribution in [-0.4, -0.2) is 9.97 Å². The number of hydrogen-bond acceptors (Lipinski definition) is 2. The second kappa shape index (κ2) is 5.46. The maximum atomic E-state index is 13.0. The van der Waals surface area contributed by atoms with E-state index in [9.17, 15) is 17.6 Å². The van der Waals surface area contributed by atoms with E-state index in [2.05, 4.69) is 25.9 Å². The first-order chi connectivity index (χ1) is 9.20. The normalized spacial score (nSPS) is 11.8. The molecule has 0 aliphatic rings. The van der Waals surface area contributed by atoms with Crippen LogP contribution in [0.15, 0.2) is 22.7 Å². The molecule has 0 amide bonds. The highest BCUT2D eigenvalue weighted by atomic mass is 79.9. The molecule has 0 atom stereocenters. The van der Waals surface area contributed by atoms with Crippen molar-refractivity contribution < 1.29 is 17.6 Å². The van der Waals surface area contributed by atoms with Crippen molar-refractivity contribution in [1.82, 2.24) is 9.97 Å². The Bertz CT molecular complexity index is 653. The fraction of sp³-hybridized carbons (Fsp3) is 0.0909. The van der Waals surface area contributed by atoms with E-state index in [1.165, 1.54) is 0 Å². The SMILES string of the molecule is Fc1ccc(-c2nc(Cl)c(Br)c(Cl)n2)c(C(F)(F)F)c1. The van der Waals surface area contributed by atoms with E-state index in [0.717, 1.165) is 12.1 Å². The van der Waals surface area contributed by atoms with Gasteiger partial charge >= 0.3 is 6.18 Å². The zero-order chi connectivity index (χ0) is 15.1. The molecule has 1 heterocycles. The van der Waals surface area contributed by atoms with Crippen molar-refractivity contribution in [2.75, 3.05) is 0 Å². The third kappa shape index (κ3) is 3.05. The average Bonchev–Trinajstić information content (AvgIpc) is 2.34. The molecule has 9 heteroatoms. The Morgan fingerprint density at radius 1 is 1.05 bits per heavy atom. The van der Waals surface area contributed by atoms with Gasteiger partial charge in [0.05, 0.1) is 10.0 Å². The van der Waals surface area contributed by atoms with Crippen molar-refractivity contribution in [2.45, 2.75) is 6.18 Å². The van der Waals surface area contributed by atoms with Crippen LogP contribution >= 0.6 is 39.1 Å². The largest absolute Gasteiger partial charge is 0.417 e. The molecule has 1 aromatic carbocycles. The van der Waals surface area contributed by atoms with E-state index in [4.69, 9.17) is 23.2 Å². The molecule has 0 unspecified atom stereocenters. The molecule has 0 fully saturated rings. The average molecular weight is 390 g/mol. The molecule has 0 N–H and O–H groups in total. The van der Waals surface area contributed by atoms with Gasteiger partial charge in [0.15, 0.2) is 5.82 Å². The Kier molecular flexibility index (Phi) is 4.22. The third-order valence-electron chi connectivity index (χ3n) is 2.30. The van der Waals surface area contributed by atoms with Gasteiger partial charge in [-0.05, 0) is 34.1 Å². The highest BCUT2D eigenvalue weighted by Crippen LogP contribution is 2.38. The summed E-state index contributed by atoms with van der Waals surface area (Å²) in [6.45, 7) is 0. The van der Waals surface area contributed by atoms with Crippen LogP contribution < -0.4 is 0 Å². The molecule has 0 saturated carbocycles. The first-order valence-electron chi connectivity index (χ1n) is 4.96. The van der Waals surface area contributed by atoms with Crippen LogP contribution in [-0.2, 0) is 6.18 Å². The van der Waals surface area contributed by atoms with E-state index in [0.29, 0.717) is 6.07 Å². The Labute approximate surface area is 128 Å². The first-order valence-corrected chi connectivity index (χ1v) is 6.50. The maximum absolute atomic E-state index is 13.0. The van der Waals surface area contributed by atoms with Crippen LogP contribution in [0.2, 0.25) is 10.3 Å². The molecule has 0 aliphatic carbocycles. The van der Waals surface area contributed by atoms with Gasteiger partial charge in [0.25, 0.3) is 0 Å². The molecule has 2 nitrogen and oxygen atoms in total. The molecule has 20 heavy (non-hydrogen) atoms. The summed E-state index contributed by atoms with van der Waals surface area (Å²) in [5.41, 5.74) is -1.61. The standard InChI is InChI=1S/C11H3BrCl2F4N2/c12-7-8(13)19-10(20-9(7)14)5-2-1-4(15)3-6(5)11(16,17)18/h1-3H. The monoisotopic (exact) mass is 388 g/mol. The van der Waals surface area contributed by atoms with E-state index >= 15 is 0 Å². The van der Waals surface area contributed by atoms with Crippen LogP contribution in [0.4, 0.5) is 17.6 Å². The van der Waals surface area contributed by atoms with Gasteiger partial charge in [-0.25, -0.2) is 14.4 Å². The number of benzene rings is 1. The zero-order valence-electron chi connectivity index (χ0n) is 9.27. The maximum Gasteiger partial charge on any atom is 0.417 e. The molecule has 2 rings (SSSR count).